The highest BCUT2D eigenvalue weighted by molar-refractivity contribution is 5.95. The number of carbonyl (C=O) groups excluding carboxylic acids is 2. The molecule has 2 aromatic rings. The summed E-state index contributed by atoms with van der Waals surface area (Å²) >= 11 is 0. The van der Waals surface area contributed by atoms with Crippen LogP contribution in [0, 0.1) is 0 Å². The van der Waals surface area contributed by atoms with Crippen LogP contribution >= 0.6 is 0 Å². The number of carbonyl (C=O) groups is 2. The zero-order valence-electron chi connectivity index (χ0n) is 17.9. The van der Waals surface area contributed by atoms with Crippen molar-refractivity contribution in [3.8, 4) is 17.2 Å². The lowest BCUT2D eigenvalue weighted by Crippen LogP contribution is -2.28. The third-order valence-corrected chi connectivity index (χ3v) is 5.25. The van der Waals surface area contributed by atoms with E-state index in [1.807, 2.05) is 43.3 Å². The van der Waals surface area contributed by atoms with Crippen LogP contribution in [0.25, 0.3) is 0 Å². The predicted octanol–water partition coefficient (Wildman–Crippen LogP) is 3.26. The minimum Gasteiger partial charge on any atom is -0.493 e. The summed E-state index contributed by atoms with van der Waals surface area (Å²) in [7, 11) is 4.67. The fourth-order valence-corrected chi connectivity index (χ4v) is 3.63. The fraction of sp³-hybridized carbons (Fsp3) is 0.391. The van der Waals surface area contributed by atoms with Crippen LogP contribution in [0.4, 0.5) is 5.69 Å². The largest absolute Gasteiger partial charge is 0.493 e. The molecule has 1 saturated heterocycles. The number of anilines is 1. The average Bonchev–Trinajstić information content (AvgIpc) is 3.18. The average molecular weight is 412 g/mol. The van der Waals surface area contributed by atoms with E-state index < -0.39 is 0 Å². The van der Waals surface area contributed by atoms with E-state index in [2.05, 4.69) is 5.32 Å². The summed E-state index contributed by atoms with van der Waals surface area (Å²) in [5, 5.41) is 3.01. The summed E-state index contributed by atoms with van der Waals surface area (Å²) in [6, 6.07) is 11.0. The van der Waals surface area contributed by atoms with Gasteiger partial charge in [0.1, 0.15) is 0 Å². The third-order valence-electron chi connectivity index (χ3n) is 5.25. The lowest BCUT2D eigenvalue weighted by atomic mass is 10.1. The first-order valence-electron chi connectivity index (χ1n) is 9.95. The molecule has 1 aliphatic heterocycles. The maximum absolute atomic E-state index is 12.6. The number of rotatable bonds is 8. The van der Waals surface area contributed by atoms with E-state index in [1.165, 1.54) is 0 Å². The Labute approximate surface area is 176 Å². The predicted molar refractivity (Wildman–Crippen MR) is 114 cm³/mol. The van der Waals surface area contributed by atoms with Crippen LogP contribution in [-0.2, 0) is 16.0 Å². The summed E-state index contributed by atoms with van der Waals surface area (Å²) in [6.45, 7) is 2.66. The number of hydrogen-bond acceptors (Lipinski definition) is 5. The third kappa shape index (κ3) is 4.67. The number of methoxy groups -OCH3 is 3. The van der Waals surface area contributed by atoms with E-state index in [4.69, 9.17) is 14.2 Å². The van der Waals surface area contributed by atoms with Crippen molar-refractivity contribution in [2.45, 2.75) is 32.2 Å². The van der Waals surface area contributed by atoms with Gasteiger partial charge in [-0.2, -0.15) is 0 Å². The lowest BCUT2D eigenvalue weighted by molar-refractivity contribution is -0.121. The van der Waals surface area contributed by atoms with Crippen molar-refractivity contribution >= 4 is 17.5 Å². The molecular formula is C23H28N2O5. The molecule has 160 valence electrons. The Kier molecular flexibility index (Phi) is 6.82. The highest BCUT2D eigenvalue weighted by Crippen LogP contribution is 2.39. The molecule has 0 aromatic heterocycles. The molecule has 7 heteroatoms. The van der Waals surface area contributed by atoms with E-state index >= 15 is 0 Å². The van der Waals surface area contributed by atoms with Gasteiger partial charge in [-0.3, -0.25) is 9.59 Å². The first-order valence-corrected chi connectivity index (χ1v) is 9.95. The number of ether oxygens (including phenoxy) is 3. The van der Waals surface area contributed by atoms with Crippen LogP contribution in [0.2, 0.25) is 0 Å². The lowest BCUT2D eigenvalue weighted by Gasteiger charge is -2.19. The Bertz CT molecular complexity index is 885. The Morgan fingerprint density at radius 1 is 1.07 bits per heavy atom. The first kappa shape index (κ1) is 21.5. The van der Waals surface area contributed by atoms with E-state index in [0.717, 1.165) is 29.8 Å². The molecular weight excluding hydrogens is 384 g/mol. The van der Waals surface area contributed by atoms with Crippen LogP contribution in [0.5, 0.6) is 17.2 Å². The van der Waals surface area contributed by atoms with E-state index in [1.54, 1.807) is 26.2 Å². The monoisotopic (exact) mass is 412 g/mol. The Morgan fingerprint density at radius 3 is 2.20 bits per heavy atom. The molecule has 7 nitrogen and oxygen atoms in total. The van der Waals surface area contributed by atoms with E-state index in [-0.39, 0.29) is 24.3 Å². The zero-order valence-corrected chi connectivity index (χ0v) is 17.9. The van der Waals surface area contributed by atoms with Gasteiger partial charge in [0, 0.05) is 18.7 Å². The van der Waals surface area contributed by atoms with Crippen molar-refractivity contribution in [1.82, 2.24) is 5.32 Å². The highest BCUT2D eigenvalue weighted by Gasteiger charge is 2.22. The molecule has 1 aliphatic rings. The Hall–Kier alpha value is -3.22. The fourth-order valence-electron chi connectivity index (χ4n) is 3.63. The van der Waals surface area contributed by atoms with Gasteiger partial charge in [-0.25, -0.2) is 0 Å². The first-order chi connectivity index (χ1) is 14.5. The van der Waals surface area contributed by atoms with Gasteiger partial charge in [-0.05, 0) is 48.7 Å². The van der Waals surface area contributed by atoms with Crippen molar-refractivity contribution in [1.29, 1.82) is 0 Å². The molecule has 0 saturated carbocycles. The molecule has 0 radical (unpaired) electrons. The molecule has 1 fully saturated rings. The van der Waals surface area contributed by atoms with Gasteiger partial charge in [-0.15, -0.1) is 0 Å². The molecule has 30 heavy (non-hydrogen) atoms. The highest BCUT2D eigenvalue weighted by atomic mass is 16.5. The van der Waals surface area contributed by atoms with Gasteiger partial charge in [0.15, 0.2) is 11.5 Å². The number of nitrogens with one attached hydrogen (secondary N) is 1. The summed E-state index contributed by atoms with van der Waals surface area (Å²) in [5.74, 6) is 1.65. The number of nitrogens with zero attached hydrogens (tertiary/aromatic N) is 1. The smallest absolute Gasteiger partial charge is 0.227 e. The topological polar surface area (TPSA) is 77.1 Å². The van der Waals surface area contributed by atoms with Gasteiger partial charge in [-0.1, -0.05) is 12.1 Å². The number of benzene rings is 2. The van der Waals surface area contributed by atoms with Crippen molar-refractivity contribution in [3.05, 3.63) is 47.5 Å². The molecule has 0 aliphatic carbocycles. The maximum Gasteiger partial charge on any atom is 0.227 e. The normalized spacial score (nSPS) is 14.4. The van der Waals surface area contributed by atoms with Crippen LogP contribution in [0.3, 0.4) is 0 Å². The second-order valence-corrected chi connectivity index (χ2v) is 7.24. The van der Waals surface area contributed by atoms with Crippen LogP contribution < -0.4 is 24.4 Å². The van der Waals surface area contributed by atoms with E-state index in [0.29, 0.717) is 23.7 Å². The Morgan fingerprint density at radius 2 is 1.70 bits per heavy atom. The molecule has 2 aromatic carbocycles. The molecule has 3 rings (SSSR count). The molecule has 1 atom stereocenters. The van der Waals surface area contributed by atoms with Crippen LogP contribution in [0.1, 0.15) is 36.9 Å². The van der Waals surface area contributed by atoms with Gasteiger partial charge >= 0.3 is 0 Å². The minimum absolute atomic E-state index is 0.0961. The molecule has 1 N–H and O–H groups in total. The quantitative estimate of drug-likeness (QED) is 0.720. The Balaban J connectivity index is 1.65. The van der Waals surface area contributed by atoms with Crippen molar-refractivity contribution in [2.24, 2.45) is 0 Å². The molecule has 0 spiro atoms. The van der Waals surface area contributed by atoms with Gasteiger partial charge in [0.2, 0.25) is 17.6 Å². The van der Waals surface area contributed by atoms with Crippen LogP contribution in [0.15, 0.2) is 36.4 Å². The van der Waals surface area contributed by atoms with E-state index in [9.17, 15) is 9.59 Å². The van der Waals surface area contributed by atoms with Crippen molar-refractivity contribution in [2.75, 3.05) is 32.8 Å². The zero-order chi connectivity index (χ0) is 21.7. The minimum atomic E-state index is -0.243. The van der Waals surface area contributed by atoms with Gasteiger partial charge in [0.05, 0.1) is 33.8 Å². The SMILES string of the molecule is COc1cc(C(C)NC(=O)Cc2ccc(N3CCCC3=O)cc2)cc(OC)c1OC. The number of amides is 2. The maximum atomic E-state index is 12.6. The second kappa shape index (κ2) is 9.52. The molecule has 1 unspecified atom stereocenters. The van der Waals surface area contributed by atoms with Gasteiger partial charge < -0.3 is 24.4 Å². The summed E-state index contributed by atoms with van der Waals surface area (Å²) < 4.78 is 16.1. The summed E-state index contributed by atoms with van der Waals surface area (Å²) in [5.41, 5.74) is 2.62. The molecule has 2 amide bonds. The summed E-state index contributed by atoms with van der Waals surface area (Å²) in [4.78, 5) is 26.2. The molecule has 0 bridgehead atoms. The van der Waals surface area contributed by atoms with Gasteiger partial charge in [0.25, 0.3) is 0 Å². The van der Waals surface area contributed by atoms with Crippen LogP contribution in [-0.4, -0.2) is 39.7 Å². The van der Waals surface area contributed by atoms with Crippen molar-refractivity contribution in [3.63, 3.8) is 0 Å². The number of hydrogen-bond donors (Lipinski definition) is 1. The standard InChI is InChI=1S/C23H28N2O5/c1-15(17-13-19(28-2)23(30-4)20(14-17)29-3)24-21(26)12-16-7-9-18(10-8-16)25-11-5-6-22(25)27/h7-10,13-15H,5-6,11-12H2,1-4H3,(H,24,26). The second-order valence-electron chi connectivity index (χ2n) is 7.24. The molecule has 1 heterocycles. The summed E-state index contributed by atoms with van der Waals surface area (Å²) in [6.07, 6.45) is 1.74. The van der Waals surface area contributed by atoms with Crippen molar-refractivity contribution < 1.29 is 23.8 Å².